The highest BCUT2D eigenvalue weighted by molar-refractivity contribution is 8.00. The molecular weight excluding hydrogens is 671 g/mol. The monoisotopic (exact) mass is 701 g/mol. The Morgan fingerprint density at radius 2 is 1.82 bits per heavy atom. The Hall–Kier alpha value is -5.25. The third kappa shape index (κ3) is 8.48. The molecule has 0 bridgehead atoms. The summed E-state index contributed by atoms with van der Waals surface area (Å²) >= 11 is 1.29. The number of aliphatic hydroxyl groups is 1. The number of carbonyl (C=O) groups is 1. The number of hydrogen-bond acceptors (Lipinski definition) is 10. The van der Waals surface area contributed by atoms with Crippen molar-refractivity contribution in [3.63, 3.8) is 0 Å². The molecule has 0 aliphatic carbocycles. The molecule has 256 valence electrons. The molecule has 50 heavy (non-hydrogen) atoms. The van der Waals surface area contributed by atoms with Crippen molar-refractivity contribution in [2.75, 3.05) is 13.2 Å². The lowest BCUT2D eigenvalue weighted by atomic mass is 9.89. The Morgan fingerprint density at radius 1 is 1.08 bits per heavy atom. The summed E-state index contributed by atoms with van der Waals surface area (Å²) in [6.07, 6.45) is 8.35. The number of esters is 1. The van der Waals surface area contributed by atoms with Crippen LogP contribution in [-0.4, -0.2) is 55.8 Å². The molecule has 1 saturated heterocycles. The van der Waals surface area contributed by atoms with Crippen LogP contribution in [0.2, 0.25) is 0 Å². The highest BCUT2D eigenvalue weighted by Gasteiger charge is 2.47. The van der Waals surface area contributed by atoms with Crippen LogP contribution in [0.5, 0.6) is 0 Å². The van der Waals surface area contributed by atoms with E-state index in [9.17, 15) is 23.9 Å². The van der Waals surface area contributed by atoms with Crippen LogP contribution in [0.1, 0.15) is 45.1 Å². The van der Waals surface area contributed by atoms with Gasteiger partial charge in [-0.25, -0.2) is 27.6 Å². The van der Waals surface area contributed by atoms with Gasteiger partial charge in [0.05, 0.1) is 60.4 Å². The third-order valence-electron chi connectivity index (χ3n) is 7.89. The first-order chi connectivity index (χ1) is 24.1. The molecule has 0 radical (unpaired) electrons. The number of benzene rings is 3. The van der Waals surface area contributed by atoms with Gasteiger partial charge in [0.15, 0.2) is 11.9 Å². The summed E-state index contributed by atoms with van der Waals surface area (Å²) in [6, 6.07) is 15.1. The van der Waals surface area contributed by atoms with E-state index in [0.717, 1.165) is 12.1 Å². The van der Waals surface area contributed by atoms with E-state index in [4.69, 9.17) is 19.5 Å². The van der Waals surface area contributed by atoms with Gasteiger partial charge in [-0.05, 0) is 55.0 Å². The number of rotatable bonds is 12. The predicted octanol–water partition coefficient (Wildman–Crippen LogP) is 5.82. The van der Waals surface area contributed by atoms with Crippen molar-refractivity contribution < 1.29 is 37.3 Å². The van der Waals surface area contributed by atoms with Crippen molar-refractivity contribution in [1.82, 2.24) is 14.8 Å². The Morgan fingerprint density at radius 3 is 2.48 bits per heavy atom. The van der Waals surface area contributed by atoms with Crippen LogP contribution in [-0.2, 0) is 33.0 Å². The number of carbonyl (C=O) groups excluding carboxylic acids is 1. The van der Waals surface area contributed by atoms with Crippen molar-refractivity contribution in [3.05, 3.63) is 136 Å². The first kappa shape index (κ1) is 36.0. The second kappa shape index (κ2) is 16.4. The molecule has 1 aliphatic rings. The van der Waals surface area contributed by atoms with Gasteiger partial charge in [0.25, 0.3) is 0 Å². The number of aromatic nitrogens is 3. The summed E-state index contributed by atoms with van der Waals surface area (Å²) in [5.41, 5.74) is -1.19. The number of nitrogens with zero attached hydrogens (tertiary/aromatic N) is 5. The molecule has 5 rings (SSSR count). The topological polar surface area (TPSA) is 143 Å². The van der Waals surface area contributed by atoms with Gasteiger partial charge in [-0.2, -0.15) is 15.6 Å². The van der Waals surface area contributed by atoms with Gasteiger partial charge < -0.3 is 19.3 Å². The molecular formula is C36H30F3N5O5S. The highest BCUT2D eigenvalue weighted by atomic mass is 32.2. The largest absolute Gasteiger partial charge is 0.447 e. The van der Waals surface area contributed by atoms with Gasteiger partial charge in [0.1, 0.15) is 30.1 Å². The second-order valence-electron chi connectivity index (χ2n) is 11.2. The van der Waals surface area contributed by atoms with Crippen LogP contribution in [0.4, 0.5) is 13.2 Å². The summed E-state index contributed by atoms with van der Waals surface area (Å²) in [7, 11) is 0. The minimum atomic E-state index is -1.83. The predicted molar refractivity (Wildman–Crippen MR) is 176 cm³/mol. The summed E-state index contributed by atoms with van der Waals surface area (Å²) in [5.74, 6) is -3.27. The number of halogens is 3. The third-order valence-corrected chi connectivity index (χ3v) is 9.33. The maximum atomic E-state index is 15.7. The van der Waals surface area contributed by atoms with E-state index in [1.165, 1.54) is 65.5 Å². The van der Waals surface area contributed by atoms with Crippen LogP contribution >= 0.6 is 11.8 Å². The van der Waals surface area contributed by atoms with E-state index in [-0.39, 0.29) is 52.8 Å². The summed E-state index contributed by atoms with van der Waals surface area (Å²) in [5, 5.41) is 31.4. The highest BCUT2D eigenvalue weighted by Crippen LogP contribution is 2.42. The van der Waals surface area contributed by atoms with E-state index in [2.05, 4.69) is 10.1 Å². The van der Waals surface area contributed by atoms with Crippen molar-refractivity contribution >= 4 is 23.8 Å². The average molecular weight is 702 g/mol. The Bertz CT molecular complexity index is 1970. The van der Waals surface area contributed by atoms with Crippen LogP contribution in [0.15, 0.2) is 85.5 Å². The quantitative estimate of drug-likeness (QED) is 0.142. The molecule has 4 aromatic rings. The normalized spacial score (nSPS) is 18.0. The molecule has 0 spiro atoms. The van der Waals surface area contributed by atoms with E-state index in [1.807, 2.05) is 12.1 Å². The molecule has 0 saturated carbocycles. The average Bonchev–Trinajstić information content (AvgIpc) is 3.63. The van der Waals surface area contributed by atoms with E-state index in [1.54, 1.807) is 31.2 Å². The zero-order valence-corrected chi connectivity index (χ0v) is 27.4. The fourth-order valence-electron chi connectivity index (χ4n) is 5.32. The van der Waals surface area contributed by atoms with Crippen molar-refractivity contribution in [2.45, 2.75) is 42.5 Å². The number of nitriles is 2. The van der Waals surface area contributed by atoms with Gasteiger partial charge in [0.2, 0.25) is 0 Å². The van der Waals surface area contributed by atoms with Crippen LogP contribution in [0.25, 0.3) is 6.08 Å². The number of ether oxygens (including phenoxy) is 3. The van der Waals surface area contributed by atoms with E-state index >= 15 is 4.39 Å². The summed E-state index contributed by atoms with van der Waals surface area (Å²) < 4.78 is 63.4. The minimum absolute atomic E-state index is 0.0934. The van der Waals surface area contributed by atoms with Gasteiger partial charge in [-0.15, -0.1) is 11.8 Å². The summed E-state index contributed by atoms with van der Waals surface area (Å²) in [6.45, 7) is 1.34. The van der Waals surface area contributed by atoms with E-state index in [0.29, 0.717) is 11.6 Å². The van der Waals surface area contributed by atoms with Crippen LogP contribution < -0.4 is 0 Å². The maximum absolute atomic E-state index is 15.7. The lowest BCUT2D eigenvalue weighted by molar-refractivity contribution is -0.146. The van der Waals surface area contributed by atoms with Crippen molar-refractivity contribution in [3.8, 4) is 12.1 Å². The molecule has 1 aromatic heterocycles. The molecule has 2 atom stereocenters. The number of allylic oxidation sites excluding steroid dienone is 2. The smallest absolute Gasteiger partial charge is 0.339 e. The SMILES string of the molecule is C[C@@H](S[C@H]1CO[C@H](C=CC=Cc2ccc(C#N)cc2F)OC1)[C@@](Cn1cncn1)(OC(=O)c1cc(C#N)ccc1CO)c1ccc(F)cc1F. The molecule has 10 nitrogen and oxygen atoms in total. The van der Waals surface area contributed by atoms with Gasteiger partial charge in [-0.3, -0.25) is 0 Å². The molecule has 0 amide bonds. The standard InChI is InChI=1S/C36H30F3N5O5S/c1-23(50-29-18-47-34(48-19-29)5-3-2-4-26-8-6-25(16-41)13-32(26)38)36(20-44-22-42-21-43-44,31-11-10-28(37)14-33(31)39)49-35(46)30-12-24(15-40)7-9-27(30)17-45/h2-14,21-23,29,34,45H,17-20H2,1H3/t23-,29-,34-,36-/m1/s1. The van der Waals surface area contributed by atoms with Crippen LogP contribution in [0, 0.1) is 40.1 Å². The maximum Gasteiger partial charge on any atom is 0.339 e. The zero-order valence-electron chi connectivity index (χ0n) is 26.6. The molecule has 3 aromatic carbocycles. The molecule has 0 unspecified atom stereocenters. The van der Waals surface area contributed by atoms with Gasteiger partial charge in [-0.1, -0.05) is 30.4 Å². The Kier molecular flexibility index (Phi) is 11.8. The van der Waals surface area contributed by atoms with Gasteiger partial charge in [0, 0.05) is 22.4 Å². The van der Waals surface area contributed by atoms with Crippen LogP contribution in [0.3, 0.4) is 0 Å². The second-order valence-corrected chi connectivity index (χ2v) is 12.8. The Balaban J connectivity index is 1.38. The molecule has 1 N–H and O–H groups in total. The summed E-state index contributed by atoms with van der Waals surface area (Å²) in [4.78, 5) is 17.9. The molecule has 14 heteroatoms. The van der Waals surface area contributed by atoms with Gasteiger partial charge >= 0.3 is 5.97 Å². The minimum Gasteiger partial charge on any atom is -0.447 e. The molecule has 1 aliphatic heterocycles. The van der Waals surface area contributed by atoms with E-state index < -0.39 is 47.2 Å². The number of hydrogen-bond donors (Lipinski definition) is 1. The molecule has 1 fully saturated rings. The van der Waals surface area contributed by atoms with Crippen molar-refractivity contribution in [2.24, 2.45) is 0 Å². The fourth-order valence-corrected chi connectivity index (χ4v) is 6.68. The first-order valence-electron chi connectivity index (χ1n) is 15.2. The lowest BCUT2D eigenvalue weighted by Crippen LogP contribution is -2.47. The number of aliphatic hydroxyl groups excluding tert-OH is 1. The Labute approximate surface area is 290 Å². The fraction of sp³-hybridized carbons (Fsp3) is 0.250. The first-order valence-corrected chi connectivity index (χ1v) is 16.2. The number of thioether (sulfide) groups is 1. The zero-order chi connectivity index (χ0) is 35.7. The van der Waals surface area contributed by atoms with Crippen molar-refractivity contribution in [1.29, 1.82) is 10.5 Å². The molecule has 2 heterocycles. The lowest BCUT2D eigenvalue weighted by Gasteiger charge is -2.40.